The molecule has 1 aromatic carbocycles. The minimum absolute atomic E-state index is 0. The smallest absolute Gasteiger partial charge is 0.0234 e. The van der Waals surface area contributed by atoms with Gasteiger partial charge in [-0.1, -0.05) is 30.3 Å². The molecule has 0 aliphatic carbocycles. The van der Waals surface area contributed by atoms with Crippen molar-refractivity contribution in [1.29, 1.82) is 0 Å². The van der Waals surface area contributed by atoms with Gasteiger partial charge in [-0.15, -0.1) is 12.4 Å². The number of likely N-dealkylation sites (tertiary alicyclic amines) is 1. The largest absolute Gasteiger partial charge is 0.326 e. The summed E-state index contributed by atoms with van der Waals surface area (Å²) in [4.78, 5) is 2.42. The molecule has 2 nitrogen and oxygen atoms in total. The summed E-state index contributed by atoms with van der Waals surface area (Å²) in [6.07, 6.45) is 1.15. The molecule has 2 rings (SSSR count). The molecule has 1 aliphatic heterocycles. The van der Waals surface area contributed by atoms with Crippen LogP contribution in [0.25, 0.3) is 0 Å². The maximum atomic E-state index is 5.84. The van der Waals surface area contributed by atoms with Crippen molar-refractivity contribution in [3.05, 3.63) is 35.9 Å². The highest BCUT2D eigenvalue weighted by Crippen LogP contribution is 2.11. The number of nitrogens with two attached hydrogens (primary N) is 1. The first kappa shape index (κ1) is 11.5. The normalized spacial score (nSPS) is 21.9. The molecule has 0 amide bonds. The molecule has 0 saturated carbocycles. The average Bonchev–Trinajstić information content (AvgIpc) is 2.53. The van der Waals surface area contributed by atoms with Crippen LogP contribution in [-0.4, -0.2) is 24.0 Å². The van der Waals surface area contributed by atoms with Crippen LogP contribution in [0.15, 0.2) is 30.3 Å². The molecule has 0 spiro atoms. The van der Waals surface area contributed by atoms with Crippen molar-refractivity contribution in [3.8, 4) is 0 Å². The summed E-state index contributed by atoms with van der Waals surface area (Å²) in [5.74, 6) is 0. The van der Waals surface area contributed by atoms with E-state index in [1.54, 1.807) is 0 Å². The molecule has 1 aromatic rings. The lowest BCUT2D eigenvalue weighted by Gasteiger charge is -2.14. The number of nitrogens with zero attached hydrogens (tertiary/aromatic N) is 1. The number of hydrogen-bond acceptors (Lipinski definition) is 2. The van der Waals surface area contributed by atoms with Crippen molar-refractivity contribution in [2.75, 3.05) is 13.1 Å². The molecule has 1 fully saturated rings. The highest BCUT2D eigenvalue weighted by Gasteiger charge is 2.18. The van der Waals surface area contributed by atoms with Gasteiger partial charge in [-0.2, -0.15) is 0 Å². The third-order valence-electron chi connectivity index (χ3n) is 2.56. The van der Waals surface area contributed by atoms with Gasteiger partial charge in [0.1, 0.15) is 0 Å². The SMILES string of the molecule is Cl.N[C@@H]1CCN(Cc2ccccc2)C1. The zero-order valence-corrected chi connectivity index (χ0v) is 9.04. The third-order valence-corrected chi connectivity index (χ3v) is 2.56. The quantitative estimate of drug-likeness (QED) is 0.808. The van der Waals surface area contributed by atoms with Crippen LogP contribution in [0.3, 0.4) is 0 Å². The summed E-state index contributed by atoms with van der Waals surface area (Å²) in [6.45, 7) is 3.25. The lowest BCUT2D eigenvalue weighted by atomic mass is 10.2. The van der Waals surface area contributed by atoms with Crippen molar-refractivity contribution in [3.63, 3.8) is 0 Å². The Bertz CT molecular complexity index is 263. The fourth-order valence-corrected chi connectivity index (χ4v) is 1.85. The Kier molecular flexibility index (Phi) is 4.39. The Balaban J connectivity index is 0.000000980. The molecule has 2 N–H and O–H groups in total. The lowest BCUT2D eigenvalue weighted by molar-refractivity contribution is 0.327. The molecular weight excluding hydrogens is 196 g/mol. The van der Waals surface area contributed by atoms with Gasteiger partial charge < -0.3 is 5.73 Å². The molecule has 78 valence electrons. The summed E-state index contributed by atoms with van der Waals surface area (Å²) < 4.78 is 0. The van der Waals surface area contributed by atoms with Crippen LogP contribution in [0.4, 0.5) is 0 Å². The van der Waals surface area contributed by atoms with Crippen LogP contribution in [0, 0.1) is 0 Å². The Labute approximate surface area is 91.5 Å². The molecular formula is C11H17ClN2. The number of halogens is 1. The molecule has 0 radical (unpaired) electrons. The Morgan fingerprint density at radius 3 is 2.57 bits per heavy atom. The maximum absolute atomic E-state index is 5.84. The zero-order chi connectivity index (χ0) is 9.10. The average molecular weight is 213 g/mol. The van der Waals surface area contributed by atoms with Crippen molar-refractivity contribution >= 4 is 12.4 Å². The molecule has 1 atom stereocenters. The first-order valence-corrected chi connectivity index (χ1v) is 4.86. The number of hydrogen-bond donors (Lipinski definition) is 1. The summed E-state index contributed by atoms with van der Waals surface area (Å²) in [5.41, 5.74) is 7.22. The fourth-order valence-electron chi connectivity index (χ4n) is 1.85. The van der Waals surface area contributed by atoms with Crippen LogP contribution in [-0.2, 0) is 6.54 Å². The van der Waals surface area contributed by atoms with Crippen LogP contribution < -0.4 is 5.73 Å². The first-order chi connectivity index (χ1) is 6.34. The van der Waals surface area contributed by atoms with E-state index in [0.717, 1.165) is 26.1 Å². The van der Waals surface area contributed by atoms with Crippen molar-refractivity contribution in [2.24, 2.45) is 5.73 Å². The monoisotopic (exact) mass is 212 g/mol. The highest BCUT2D eigenvalue weighted by atomic mass is 35.5. The second-order valence-corrected chi connectivity index (χ2v) is 3.77. The van der Waals surface area contributed by atoms with Crippen molar-refractivity contribution < 1.29 is 0 Å². The molecule has 0 aromatic heterocycles. The van der Waals surface area contributed by atoms with E-state index < -0.39 is 0 Å². The molecule has 1 saturated heterocycles. The maximum Gasteiger partial charge on any atom is 0.0234 e. The van der Waals surface area contributed by atoms with E-state index >= 15 is 0 Å². The predicted octanol–water partition coefficient (Wildman–Crippen LogP) is 1.64. The minimum Gasteiger partial charge on any atom is -0.326 e. The number of rotatable bonds is 2. The molecule has 14 heavy (non-hydrogen) atoms. The molecule has 1 heterocycles. The van der Waals surface area contributed by atoms with Gasteiger partial charge in [-0.05, 0) is 12.0 Å². The van der Waals surface area contributed by atoms with Gasteiger partial charge >= 0.3 is 0 Å². The Morgan fingerprint density at radius 2 is 2.00 bits per heavy atom. The van der Waals surface area contributed by atoms with Gasteiger partial charge in [0, 0.05) is 25.7 Å². The third kappa shape index (κ3) is 2.98. The topological polar surface area (TPSA) is 29.3 Å². The standard InChI is InChI=1S/C11H16N2.ClH/c12-11-6-7-13(9-11)8-10-4-2-1-3-5-10;/h1-5,11H,6-9,12H2;1H/t11-;/m1./s1. The van der Waals surface area contributed by atoms with E-state index in [2.05, 4.69) is 35.2 Å². The van der Waals surface area contributed by atoms with E-state index in [1.807, 2.05) is 0 Å². The molecule has 0 unspecified atom stereocenters. The van der Waals surface area contributed by atoms with Gasteiger partial charge in [-0.3, -0.25) is 4.90 Å². The lowest BCUT2D eigenvalue weighted by Crippen LogP contribution is -2.26. The van der Waals surface area contributed by atoms with Crippen LogP contribution in [0.5, 0.6) is 0 Å². The van der Waals surface area contributed by atoms with Crippen LogP contribution >= 0.6 is 12.4 Å². The summed E-state index contributed by atoms with van der Waals surface area (Å²) in [5, 5.41) is 0. The Morgan fingerprint density at radius 1 is 1.29 bits per heavy atom. The minimum atomic E-state index is 0. The van der Waals surface area contributed by atoms with E-state index in [9.17, 15) is 0 Å². The van der Waals surface area contributed by atoms with E-state index in [1.165, 1.54) is 5.56 Å². The fraction of sp³-hybridized carbons (Fsp3) is 0.455. The highest BCUT2D eigenvalue weighted by molar-refractivity contribution is 5.85. The van der Waals surface area contributed by atoms with Crippen molar-refractivity contribution in [2.45, 2.75) is 19.0 Å². The van der Waals surface area contributed by atoms with Gasteiger partial charge in [0.15, 0.2) is 0 Å². The van der Waals surface area contributed by atoms with Gasteiger partial charge in [-0.25, -0.2) is 0 Å². The molecule has 0 bridgehead atoms. The summed E-state index contributed by atoms with van der Waals surface area (Å²) >= 11 is 0. The first-order valence-electron chi connectivity index (χ1n) is 4.86. The van der Waals surface area contributed by atoms with E-state index in [4.69, 9.17) is 5.73 Å². The number of benzene rings is 1. The van der Waals surface area contributed by atoms with Crippen molar-refractivity contribution in [1.82, 2.24) is 4.90 Å². The summed E-state index contributed by atoms with van der Waals surface area (Å²) in [6, 6.07) is 11.0. The predicted molar refractivity (Wildman–Crippen MR) is 61.6 cm³/mol. The van der Waals surface area contributed by atoms with Gasteiger partial charge in [0.2, 0.25) is 0 Å². The summed E-state index contributed by atoms with van der Waals surface area (Å²) in [7, 11) is 0. The Hall–Kier alpha value is -0.570. The second-order valence-electron chi connectivity index (χ2n) is 3.77. The van der Waals surface area contributed by atoms with Crippen LogP contribution in [0.1, 0.15) is 12.0 Å². The van der Waals surface area contributed by atoms with Gasteiger partial charge in [0.05, 0.1) is 0 Å². The molecule has 1 aliphatic rings. The molecule has 3 heteroatoms. The van der Waals surface area contributed by atoms with E-state index in [-0.39, 0.29) is 12.4 Å². The zero-order valence-electron chi connectivity index (χ0n) is 8.23. The van der Waals surface area contributed by atoms with Crippen LogP contribution in [0.2, 0.25) is 0 Å². The second kappa shape index (κ2) is 5.35. The van der Waals surface area contributed by atoms with E-state index in [0.29, 0.717) is 6.04 Å². The van der Waals surface area contributed by atoms with Gasteiger partial charge in [0.25, 0.3) is 0 Å².